The van der Waals surface area contributed by atoms with E-state index in [1.165, 1.54) is 0 Å². The monoisotopic (exact) mass is 134 g/mol. The molecule has 50 valence electrons. The molecule has 0 saturated carbocycles. The first-order chi connectivity index (χ1) is 4.86. The van der Waals surface area contributed by atoms with Gasteiger partial charge in [0.25, 0.3) is 0 Å². The molecule has 0 fully saturated rings. The first-order valence-electron chi connectivity index (χ1n) is 2.92. The van der Waals surface area contributed by atoms with Gasteiger partial charge in [-0.05, 0) is 12.1 Å². The van der Waals surface area contributed by atoms with Crippen LogP contribution in [0.5, 0.6) is 0 Å². The summed E-state index contributed by atoms with van der Waals surface area (Å²) in [7, 11) is 0. The van der Waals surface area contributed by atoms with Gasteiger partial charge in [-0.25, -0.2) is 9.97 Å². The topological polar surface area (TPSA) is 67.6 Å². The second kappa shape index (κ2) is 1.70. The largest absolute Gasteiger partial charge is 0.384 e. The van der Waals surface area contributed by atoms with Crippen LogP contribution in [0.2, 0.25) is 0 Å². The third-order valence-corrected chi connectivity index (χ3v) is 1.30. The minimum Gasteiger partial charge on any atom is -0.384 e. The van der Waals surface area contributed by atoms with Gasteiger partial charge in [-0.2, -0.15) is 0 Å². The van der Waals surface area contributed by atoms with E-state index >= 15 is 0 Å². The number of nitrogen functional groups attached to an aromatic ring is 1. The van der Waals surface area contributed by atoms with Crippen molar-refractivity contribution < 1.29 is 0 Å². The first-order valence-corrected chi connectivity index (χ1v) is 2.92. The molecule has 0 atom stereocenters. The number of rotatable bonds is 0. The lowest BCUT2D eigenvalue weighted by molar-refractivity contribution is 1.31. The number of hydrogen-bond donors (Lipinski definition) is 2. The van der Waals surface area contributed by atoms with Crippen molar-refractivity contribution in [2.75, 3.05) is 5.73 Å². The van der Waals surface area contributed by atoms with Crippen molar-refractivity contribution in [3.63, 3.8) is 0 Å². The van der Waals surface area contributed by atoms with Gasteiger partial charge in [0.15, 0.2) is 5.65 Å². The standard InChI is InChI=1S/C6H6N4/c7-5-2-1-4-6(10-5)9-3-8-4/h1-3H,(H3,7,8,9,10). The number of anilines is 1. The number of fused-ring (bicyclic) bond motifs is 1. The molecular weight excluding hydrogens is 128 g/mol. The summed E-state index contributed by atoms with van der Waals surface area (Å²) in [5, 5.41) is 0. The summed E-state index contributed by atoms with van der Waals surface area (Å²) in [6.45, 7) is 0. The van der Waals surface area contributed by atoms with Crippen molar-refractivity contribution in [3.05, 3.63) is 18.5 Å². The van der Waals surface area contributed by atoms with Crippen LogP contribution in [0.4, 0.5) is 5.82 Å². The van der Waals surface area contributed by atoms with Crippen LogP contribution in [0, 0.1) is 0 Å². The van der Waals surface area contributed by atoms with E-state index in [0.29, 0.717) is 11.5 Å². The number of aromatic nitrogens is 3. The molecule has 0 aromatic carbocycles. The second-order valence-corrected chi connectivity index (χ2v) is 2.01. The van der Waals surface area contributed by atoms with E-state index in [1.54, 1.807) is 12.4 Å². The molecule has 0 amide bonds. The third-order valence-electron chi connectivity index (χ3n) is 1.30. The number of nitrogens with zero attached hydrogens (tertiary/aromatic N) is 2. The third kappa shape index (κ3) is 0.621. The summed E-state index contributed by atoms with van der Waals surface area (Å²) in [5.41, 5.74) is 7.00. The van der Waals surface area contributed by atoms with Gasteiger partial charge in [-0.1, -0.05) is 0 Å². The molecule has 0 aliphatic heterocycles. The van der Waals surface area contributed by atoms with Gasteiger partial charge >= 0.3 is 0 Å². The van der Waals surface area contributed by atoms with E-state index in [-0.39, 0.29) is 0 Å². The molecule has 0 bridgehead atoms. The average molecular weight is 134 g/mol. The van der Waals surface area contributed by atoms with E-state index in [0.717, 1.165) is 5.52 Å². The fourth-order valence-electron chi connectivity index (χ4n) is 0.837. The molecule has 2 aromatic rings. The number of imidazole rings is 1. The number of pyridine rings is 1. The predicted molar refractivity (Wildman–Crippen MR) is 38.3 cm³/mol. The van der Waals surface area contributed by atoms with Crippen LogP contribution in [0.25, 0.3) is 11.2 Å². The van der Waals surface area contributed by atoms with Crippen LogP contribution in [-0.4, -0.2) is 15.0 Å². The molecule has 4 nitrogen and oxygen atoms in total. The summed E-state index contributed by atoms with van der Waals surface area (Å²) in [4.78, 5) is 10.8. The zero-order chi connectivity index (χ0) is 6.97. The van der Waals surface area contributed by atoms with Gasteiger partial charge < -0.3 is 10.7 Å². The van der Waals surface area contributed by atoms with Crippen molar-refractivity contribution in [1.82, 2.24) is 15.0 Å². The minimum atomic E-state index is 0.500. The van der Waals surface area contributed by atoms with Crippen molar-refractivity contribution in [3.8, 4) is 0 Å². The smallest absolute Gasteiger partial charge is 0.179 e. The van der Waals surface area contributed by atoms with Crippen molar-refractivity contribution in [2.24, 2.45) is 0 Å². The zero-order valence-corrected chi connectivity index (χ0v) is 5.20. The zero-order valence-electron chi connectivity index (χ0n) is 5.20. The summed E-state index contributed by atoms with van der Waals surface area (Å²) in [6.07, 6.45) is 1.59. The van der Waals surface area contributed by atoms with Crippen molar-refractivity contribution in [2.45, 2.75) is 0 Å². The van der Waals surface area contributed by atoms with Crippen LogP contribution in [0.15, 0.2) is 18.5 Å². The number of nitrogens with one attached hydrogen (secondary N) is 1. The molecule has 0 radical (unpaired) electrons. The molecule has 0 spiro atoms. The van der Waals surface area contributed by atoms with E-state index in [4.69, 9.17) is 5.73 Å². The Hall–Kier alpha value is -1.58. The predicted octanol–water partition coefficient (Wildman–Crippen LogP) is 0.540. The maximum atomic E-state index is 5.42. The lowest BCUT2D eigenvalue weighted by atomic mass is 10.4. The summed E-state index contributed by atoms with van der Waals surface area (Å²) in [5.74, 6) is 0.500. The highest BCUT2D eigenvalue weighted by atomic mass is 15.0. The molecule has 0 aliphatic carbocycles. The highest BCUT2D eigenvalue weighted by Gasteiger charge is 1.94. The second-order valence-electron chi connectivity index (χ2n) is 2.01. The maximum Gasteiger partial charge on any atom is 0.179 e. The number of hydrogen-bond acceptors (Lipinski definition) is 3. The fraction of sp³-hybridized carbons (Fsp3) is 0. The van der Waals surface area contributed by atoms with Crippen LogP contribution < -0.4 is 5.73 Å². The molecule has 0 unspecified atom stereocenters. The Morgan fingerprint density at radius 2 is 2.30 bits per heavy atom. The highest BCUT2D eigenvalue weighted by Crippen LogP contribution is 2.06. The van der Waals surface area contributed by atoms with Gasteiger partial charge in [0.2, 0.25) is 0 Å². The van der Waals surface area contributed by atoms with Crippen LogP contribution in [0.3, 0.4) is 0 Å². The molecule has 0 saturated heterocycles. The van der Waals surface area contributed by atoms with Gasteiger partial charge in [-0.3, -0.25) is 0 Å². The van der Waals surface area contributed by atoms with Gasteiger partial charge in [0, 0.05) is 0 Å². The number of H-pyrrole nitrogens is 1. The number of nitrogens with two attached hydrogens (primary N) is 1. The van der Waals surface area contributed by atoms with Gasteiger partial charge in [0.05, 0.1) is 11.8 Å². The van der Waals surface area contributed by atoms with Crippen molar-refractivity contribution in [1.29, 1.82) is 0 Å². The van der Waals surface area contributed by atoms with Gasteiger partial charge in [-0.15, -0.1) is 0 Å². The molecule has 3 N–H and O–H groups in total. The lowest BCUT2D eigenvalue weighted by Crippen LogP contribution is -1.88. The summed E-state index contributed by atoms with van der Waals surface area (Å²) in [6, 6.07) is 3.59. The quantitative estimate of drug-likeness (QED) is 0.552. The molecule has 2 rings (SSSR count). The first kappa shape index (κ1) is 5.22. The molecule has 0 aliphatic rings. The molecule has 2 aromatic heterocycles. The Labute approximate surface area is 57.1 Å². The molecule has 10 heavy (non-hydrogen) atoms. The molecular formula is C6H6N4. The average Bonchev–Trinajstić information content (AvgIpc) is 2.33. The van der Waals surface area contributed by atoms with Crippen LogP contribution in [-0.2, 0) is 0 Å². The van der Waals surface area contributed by atoms with Crippen LogP contribution >= 0.6 is 0 Å². The minimum absolute atomic E-state index is 0.500. The normalized spacial score (nSPS) is 10.4. The summed E-state index contributed by atoms with van der Waals surface area (Å²) >= 11 is 0. The van der Waals surface area contributed by atoms with E-state index < -0.39 is 0 Å². The Morgan fingerprint density at radius 1 is 1.40 bits per heavy atom. The van der Waals surface area contributed by atoms with E-state index in [2.05, 4.69) is 15.0 Å². The summed E-state index contributed by atoms with van der Waals surface area (Å²) < 4.78 is 0. The molecule has 2 heterocycles. The van der Waals surface area contributed by atoms with Crippen molar-refractivity contribution >= 4 is 17.0 Å². The fourth-order valence-corrected chi connectivity index (χ4v) is 0.837. The lowest BCUT2D eigenvalue weighted by Gasteiger charge is -1.88. The maximum absolute atomic E-state index is 5.42. The Bertz CT molecular complexity index is 351. The van der Waals surface area contributed by atoms with E-state index in [9.17, 15) is 0 Å². The molecule has 4 heteroatoms. The van der Waals surface area contributed by atoms with Gasteiger partial charge in [0.1, 0.15) is 5.82 Å². The Balaban J connectivity index is 2.86. The van der Waals surface area contributed by atoms with Crippen LogP contribution in [0.1, 0.15) is 0 Å². The number of aromatic amines is 1. The Morgan fingerprint density at radius 3 is 3.20 bits per heavy atom. The highest BCUT2D eigenvalue weighted by molar-refractivity contribution is 5.71. The SMILES string of the molecule is Nc1ccc2[nH]cnc2n1. The Kier molecular flexibility index (Phi) is 0.887. The van der Waals surface area contributed by atoms with E-state index in [1.807, 2.05) is 6.07 Å².